The van der Waals surface area contributed by atoms with Crippen LogP contribution < -0.4 is 0 Å². The topological polar surface area (TPSA) is 77.7 Å². The lowest BCUT2D eigenvalue weighted by Gasteiger charge is -2.21. The van der Waals surface area contributed by atoms with Crippen molar-refractivity contribution in [3.8, 4) is 23.0 Å². The van der Waals surface area contributed by atoms with Crippen molar-refractivity contribution < 1.29 is 44.7 Å². The number of carbonyl (C=O) groups is 2. The van der Waals surface area contributed by atoms with E-state index in [1.54, 1.807) is 31.3 Å². The Morgan fingerprint density at radius 2 is 1.72 bits per heavy atom. The summed E-state index contributed by atoms with van der Waals surface area (Å²) < 4.78 is 116. The summed E-state index contributed by atoms with van der Waals surface area (Å²) in [5.74, 6) is -5.23. The molecule has 6 nitrogen and oxygen atoms in total. The number of ketones is 2. The fraction of sp³-hybridized carbons (Fsp3) is 0.275. The summed E-state index contributed by atoms with van der Waals surface area (Å²) in [7, 11) is 0. The molecule has 2 aliphatic rings. The van der Waals surface area contributed by atoms with Crippen molar-refractivity contribution in [3.63, 3.8) is 0 Å². The molecule has 0 aliphatic heterocycles. The van der Waals surface area contributed by atoms with Gasteiger partial charge < -0.3 is 0 Å². The third kappa shape index (κ3) is 7.14. The van der Waals surface area contributed by atoms with Gasteiger partial charge in [0, 0.05) is 52.9 Å². The van der Waals surface area contributed by atoms with Crippen LogP contribution in [0.4, 0.5) is 35.1 Å². The number of nitrogens with zero attached hydrogens (tertiary/aromatic N) is 4. The Balaban J connectivity index is 1.34. The fourth-order valence-corrected chi connectivity index (χ4v) is 7.20. The van der Waals surface area contributed by atoms with E-state index < -0.39 is 88.8 Å². The summed E-state index contributed by atoms with van der Waals surface area (Å²) in [5, 5.41) is 3.46. The Hall–Kier alpha value is -5.71. The molecule has 0 bridgehead atoms. The number of benzene rings is 2. The lowest BCUT2D eigenvalue weighted by atomic mass is 9.86. The van der Waals surface area contributed by atoms with Gasteiger partial charge in [-0.15, -0.1) is 0 Å². The Labute approximate surface area is 303 Å². The fourth-order valence-electron chi connectivity index (χ4n) is 7.20. The number of halogens is 8. The van der Waals surface area contributed by atoms with Gasteiger partial charge in [-0.3, -0.25) is 19.3 Å². The number of carbonyl (C=O) groups excluding carboxylic acids is 2. The number of alkyl halides is 5. The molecule has 7 rings (SSSR count). The lowest BCUT2D eigenvalue weighted by Crippen LogP contribution is -2.24. The van der Waals surface area contributed by atoms with Crippen molar-refractivity contribution in [2.24, 2.45) is 5.92 Å². The molecule has 0 amide bonds. The molecule has 0 N–H and O–H groups in total. The van der Waals surface area contributed by atoms with Crippen LogP contribution in [0.5, 0.6) is 0 Å². The summed E-state index contributed by atoms with van der Waals surface area (Å²) in [4.78, 5) is 35.0. The Morgan fingerprint density at radius 1 is 0.981 bits per heavy atom. The maximum atomic E-state index is 15.3. The van der Waals surface area contributed by atoms with Crippen LogP contribution in [0, 0.1) is 42.1 Å². The molecule has 5 aromatic rings. The number of fused-ring (bicyclic) bond motifs is 3. The van der Waals surface area contributed by atoms with Crippen molar-refractivity contribution in [1.29, 1.82) is 0 Å². The second-order valence-electron chi connectivity index (χ2n) is 13.6. The summed E-state index contributed by atoms with van der Waals surface area (Å²) in [5.41, 5.74) is -1.02. The standard InChI is InChI=1S/C40H28F8N4O2/c1-20-11-22(9-10-49-20)3-5-28-6-7-30(24-4-8-34(43)31(16-24)21(2)53)36(50-28)25(12-23-13-26(41)17-27(42)14-23)15-29(54)19-52-38-35(37(51-52)40(46,47)48)32-18-33(32)39(38,44)45/h4,6-11,13-14,16-17,25,32-33H,12,15,18-19H2,1-2H3/t25-,32+,33-/m1/s1. The van der Waals surface area contributed by atoms with E-state index in [9.17, 15) is 35.9 Å². The largest absolute Gasteiger partial charge is 0.435 e. The first-order chi connectivity index (χ1) is 25.5. The van der Waals surface area contributed by atoms with Crippen LogP contribution in [-0.2, 0) is 29.9 Å². The molecule has 1 saturated carbocycles. The van der Waals surface area contributed by atoms with Gasteiger partial charge in [0.05, 0.1) is 11.3 Å². The third-order valence-corrected chi connectivity index (χ3v) is 9.60. The van der Waals surface area contributed by atoms with E-state index in [1.165, 1.54) is 25.1 Å². The molecule has 14 heteroatoms. The summed E-state index contributed by atoms with van der Waals surface area (Å²) in [6.45, 7) is 1.99. The second-order valence-corrected chi connectivity index (χ2v) is 13.6. The predicted molar refractivity (Wildman–Crippen MR) is 179 cm³/mol. The first kappa shape index (κ1) is 36.6. The normalized spacial score (nSPS) is 17.3. The van der Waals surface area contributed by atoms with Crippen molar-refractivity contribution in [2.75, 3.05) is 0 Å². The van der Waals surface area contributed by atoms with E-state index in [1.807, 2.05) is 0 Å². The minimum Gasteiger partial charge on any atom is -0.298 e. The number of Topliss-reactive ketones (excluding diaryl/α,β-unsaturated/α-hetero) is 2. The number of pyridine rings is 2. The molecule has 3 heterocycles. The van der Waals surface area contributed by atoms with Crippen LogP contribution in [-0.4, -0.2) is 31.3 Å². The number of hydrogen-bond donors (Lipinski definition) is 0. The zero-order valence-electron chi connectivity index (χ0n) is 28.5. The molecule has 3 aromatic heterocycles. The average Bonchev–Trinajstić information content (AvgIpc) is 3.74. The third-order valence-electron chi connectivity index (χ3n) is 9.60. The quantitative estimate of drug-likeness (QED) is 0.0856. The van der Waals surface area contributed by atoms with Crippen LogP contribution in [0.15, 0.2) is 66.9 Å². The lowest BCUT2D eigenvalue weighted by molar-refractivity contribution is -0.142. The molecule has 0 unspecified atom stereocenters. The van der Waals surface area contributed by atoms with Gasteiger partial charge >= 0.3 is 6.18 Å². The molecular formula is C40H28F8N4O2. The highest BCUT2D eigenvalue weighted by Crippen LogP contribution is 2.68. The number of aromatic nitrogens is 4. The summed E-state index contributed by atoms with van der Waals surface area (Å²) >= 11 is 0. The van der Waals surface area contributed by atoms with Crippen LogP contribution in [0.3, 0.4) is 0 Å². The van der Waals surface area contributed by atoms with Gasteiger partial charge in [-0.2, -0.15) is 27.1 Å². The highest BCUT2D eigenvalue weighted by molar-refractivity contribution is 5.95. The first-order valence-electron chi connectivity index (χ1n) is 16.8. The zero-order valence-corrected chi connectivity index (χ0v) is 28.5. The molecule has 0 spiro atoms. The smallest absolute Gasteiger partial charge is 0.298 e. The Morgan fingerprint density at radius 3 is 2.41 bits per heavy atom. The highest BCUT2D eigenvalue weighted by Gasteiger charge is 2.68. The number of hydrogen-bond acceptors (Lipinski definition) is 5. The molecule has 276 valence electrons. The summed E-state index contributed by atoms with van der Waals surface area (Å²) in [6, 6.07) is 12.9. The van der Waals surface area contributed by atoms with E-state index in [2.05, 4.69) is 21.9 Å². The molecule has 0 saturated heterocycles. The molecule has 2 aromatic carbocycles. The number of aryl methyl sites for hydroxylation is 1. The molecule has 3 atom stereocenters. The van der Waals surface area contributed by atoms with Gasteiger partial charge in [-0.05, 0) is 98.2 Å². The monoisotopic (exact) mass is 748 g/mol. The van der Waals surface area contributed by atoms with E-state index >= 15 is 8.78 Å². The van der Waals surface area contributed by atoms with E-state index in [0.717, 1.165) is 18.2 Å². The van der Waals surface area contributed by atoms with Crippen LogP contribution in [0.1, 0.15) is 87.1 Å². The van der Waals surface area contributed by atoms with Gasteiger partial charge in [-0.25, -0.2) is 18.2 Å². The van der Waals surface area contributed by atoms with Crippen molar-refractivity contribution in [3.05, 3.63) is 135 Å². The van der Waals surface area contributed by atoms with Gasteiger partial charge in [0.15, 0.2) is 17.3 Å². The maximum Gasteiger partial charge on any atom is 0.435 e. The molecular weight excluding hydrogens is 720 g/mol. The van der Waals surface area contributed by atoms with Crippen LogP contribution in [0.25, 0.3) is 11.1 Å². The van der Waals surface area contributed by atoms with Crippen molar-refractivity contribution in [1.82, 2.24) is 19.7 Å². The van der Waals surface area contributed by atoms with E-state index in [-0.39, 0.29) is 46.5 Å². The minimum atomic E-state index is -5.04. The zero-order chi connectivity index (χ0) is 38.7. The Kier molecular flexibility index (Phi) is 9.23. The minimum absolute atomic E-state index is 0.0799. The second kappa shape index (κ2) is 13.6. The van der Waals surface area contributed by atoms with E-state index in [4.69, 9.17) is 4.98 Å². The van der Waals surface area contributed by atoms with Crippen LogP contribution >= 0.6 is 0 Å². The summed E-state index contributed by atoms with van der Waals surface area (Å²) in [6.07, 6.45) is -4.42. The highest BCUT2D eigenvalue weighted by atomic mass is 19.4. The molecule has 1 fully saturated rings. The van der Waals surface area contributed by atoms with Gasteiger partial charge in [0.25, 0.3) is 5.92 Å². The SMILES string of the molecule is CC(=O)c1cc(-c2ccc(C#Cc3ccnc(C)c3)nc2[C@@H](CC(=O)Cn2nc(C(F)(F)F)c3c2C(F)(F)[C@@H]2C[C@H]32)Cc2cc(F)cc(F)c2)ccc1F. The van der Waals surface area contributed by atoms with Crippen molar-refractivity contribution >= 4 is 11.6 Å². The maximum absolute atomic E-state index is 15.3. The molecule has 54 heavy (non-hydrogen) atoms. The van der Waals surface area contributed by atoms with Crippen molar-refractivity contribution in [2.45, 2.75) is 63.6 Å². The van der Waals surface area contributed by atoms with Gasteiger partial charge in [-0.1, -0.05) is 12.0 Å². The van der Waals surface area contributed by atoms with Crippen LogP contribution in [0.2, 0.25) is 0 Å². The Bertz CT molecular complexity index is 2390. The molecule has 0 radical (unpaired) electrons. The van der Waals surface area contributed by atoms with Gasteiger partial charge in [0.2, 0.25) is 0 Å². The first-order valence-corrected chi connectivity index (χ1v) is 16.8. The van der Waals surface area contributed by atoms with E-state index in [0.29, 0.717) is 22.0 Å². The predicted octanol–water partition coefficient (Wildman–Crippen LogP) is 8.88. The van der Waals surface area contributed by atoms with Gasteiger partial charge in [0.1, 0.15) is 35.4 Å². The number of rotatable bonds is 9. The average molecular weight is 749 g/mol. The molecule has 2 aliphatic carbocycles.